The molecule has 1 aliphatic rings. The lowest BCUT2D eigenvalue weighted by Crippen LogP contribution is -2.33. The summed E-state index contributed by atoms with van der Waals surface area (Å²) < 4.78 is 5.33. The molecule has 3 rings (SSSR count). The topological polar surface area (TPSA) is 71.5 Å². The molecule has 150 valence electrons. The zero-order chi connectivity index (χ0) is 20.1. The maximum atomic E-state index is 12.5. The second-order valence-corrected chi connectivity index (χ2v) is 8.23. The Bertz CT molecular complexity index is 855. The molecule has 2 heterocycles. The van der Waals surface area contributed by atoms with Gasteiger partial charge in [-0.2, -0.15) is 0 Å². The smallest absolute Gasteiger partial charge is 0.227 e. The van der Waals surface area contributed by atoms with E-state index in [4.69, 9.17) is 16.3 Å². The molecule has 0 saturated carbocycles. The fraction of sp³-hybridized carbons (Fsp3) is 0.450. The summed E-state index contributed by atoms with van der Waals surface area (Å²) in [5, 5.41) is 6.66. The fourth-order valence-electron chi connectivity index (χ4n) is 3.26. The monoisotopic (exact) mass is 421 g/mol. The third-order valence-electron chi connectivity index (χ3n) is 4.71. The number of aryl methyl sites for hydroxylation is 2. The van der Waals surface area contributed by atoms with Crippen LogP contribution in [0.25, 0.3) is 0 Å². The second kappa shape index (κ2) is 9.39. The van der Waals surface area contributed by atoms with Gasteiger partial charge in [0.2, 0.25) is 11.8 Å². The van der Waals surface area contributed by atoms with Crippen LogP contribution in [0.5, 0.6) is 5.75 Å². The van der Waals surface area contributed by atoms with E-state index in [1.165, 1.54) is 0 Å². The number of ether oxygens (including phenoxy) is 1. The number of hydrogen-bond donors (Lipinski definition) is 1. The predicted octanol–water partition coefficient (Wildman–Crippen LogP) is 3.61. The van der Waals surface area contributed by atoms with E-state index in [1.54, 1.807) is 41.5 Å². The first-order chi connectivity index (χ1) is 13.5. The van der Waals surface area contributed by atoms with Gasteiger partial charge >= 0.3 is 0 Å². The average molecular weight is 422 g/mol. The SMILES string of the molecule is COc1ccc(Cl)cc1N1CC(C(=O)NCCCCc2nc(C)cs2)CC1=O. The van der Waals surface area contributed by atoms with Crippen LogP contribution in [0.4, 0.5) is 5.69 Å². The van der Waals surface area contributed by atoms with E-state index in [0.29, 0.717) is 29.5 Å². The molecule has 2 aromatic rings. The Morgan fingerprint density at radius 3 is 2.96 bits per heavy atom. The summed E-state index contributed by atoms with van der Waals surface area (Å²) in [4.78, 5) is 30.9. The number of rotatable bonds is 8. The molecule has 28 heavy (non-hydrogen) atoms. The third-order valence-corrected chi connectivity index (χ3v) is 5.97. The number of thiazole rings is 1. The van der Waals surface area contributed by atoms with Gasteiger partial charge in [-0.1, -0.05) is 11.6 Å². The zero-order valence-corrected chi connectivity index (χ0v) is 17.6. The molecular weight excluding hydrogens is 398 g/mol. The van der Waals surface area contributed by atoms with E-state index in [-0.39, 0.29) is 24.2 Å². The number of methoxy groups -OCH3 is 1. The van der Waals surface area contributed by atoms with Gasteiger partial charge in [-0.3, -0.25) is 9.59 Å². The number of aromatic nitrogens is 1. The zero-order valence-electron chi connectivity index (χ0n) is 16.0. The second-order valence-electron chi connectivity index (χ2n) is 6.85. The number of anilines is 1. The van der Waals surface area contributed by atoms with Gasteiger partial charge in [-0.05, 0) is 44.4 Å². The number of nitrogens with one attached hydrogen (secondary N) is 1. The highest BCUT2D eigenvalue weighted by Gasteiger charge is 2.36. The predicted molar refractivity (Wildman–Crippen MR) is 111 cm³/mol. The van der Waals surface area contributed by atoms with E-state index < -0.39 is 0 Å². The summed E-state index contributed by atoms with van der Waals surface area (Å²) in [7, 11) is 1.55. The average Bonchev–Trinajstić information content (AvgIpc) is 3.26. The summed E-state index contributed by atoms with van der Waals surface area (Å²) in [6.07, 6.45) is 2.98. The number of carbonyl (C=O) groups is 2. The van der Waals surface area contributed by atoms with E-state index in [2.05, 4.69) is 15.7 Å². The molecule has 1 N–H and O–H groups in total. The van der Waals surface area contributed by atoms with E-state index in [9.17, 15) is 9.59 Å². The summed E-state index contributed by atoms with van der Waals surface area (Å²) >= 11 is 7.74. The lowest BCUT2D eigenvalue weighted by molar-refractivity contribution is -0.126. The van der Waals surface area contributed by atoms with Crippen LogP contribution in [0.3, 0.4) is 0 Å². The van der Waals surface area contributed by atoms with Gasteiger partial charge in [-0.25, -0.2) is 4.98 Å². The Labute approximate surface area is 173 Å². The molecule has 1 aromatic carbocycles. The minimum absolute atomic E-state index is 0.0815. The summed E-state index contributed by atoms with van der Waals surface area (Å²) in [5.74, 6) is 0.0239. The van der Waals surface area contributed by atoms with Crippen molar-refractivity contribution in [1.82, 2.24) is 10.3 Å². The van der Waals surface area contributed by atoms with E-state index in [0.717, 1.165) is 30.0 Å². The Balaban J connectivity index is 1.48. The minimum atomic E-state index is -0.363. The summed E-state index contributed by atoms with van der Waals surface area (Å²) in [6.45, 7) is 2.93. The molecule has 2 amide bonds. The number of unbranched alkanes of at least 4 members (excludes halogenated alkanes) is 1. The van der Waals surface area contributed by atoms with Crippen molar-refractivity contribution >= 4 is 40.4 Å². The largest absolute Gasteiger partial charge is 0.495 e. The van der Waals surface area contributed by atoms with Crippen LogP contribution in [0.2, 0.25) is 5.02 Å². The molecule has 1 aromatic heterocycles. The van der Waals surface area contributed by atoms with Crippen LogP contribution in [0.15, 0.2) is 23.6 Å². The number of hydrogen-bond acceptors (Lipinski definition) is 5. The highest BCUT2D eigenvalue weighted by Crippen LogP contribution is 2.35. The molecule has 1 fully saturated rings. The lowest BCUT2D eigenvalue weighted by atomic mass is 10.1. The Kier molecular flexibility index (Phi) is 6.91. The summed E-state index contributed by atoms with van der Waals surface area (Å²) in [6, 6.07) is 5.13. The van der Waals surface area contributed by atoms with Gasteiger partial charge in [0.1, 0.15) is 5.75 Å². The third kappa shape index (κ3) is 5.02. The van der Waals surface area contributed by atoms with Crippen LogP contribution >= 0.6 is 22.9 Å². The van der Waals surface area contributed by atoms with Crippen LogP contribution in [-0.4, -0.2) is 37.0 Å². The van der Waals surface area contributed by atoms with Crippen molar-refractivity contribution in [3.63, 3.8) is 0 Å². The highest BCUT2D eigenvalue weighted by atomic mass is 35.5. The Hall–Kier alpha value is -2.12. The van der Waals surface area contributed by atoms with Crippen LogP contribution < -0.4 is 15.0 Å². The van der Waals surface area contributed by atoms with Gasteiger partial charge in [0.05, 0.1) is 23.7 Å². The normalized spacial score (nSPS) is 16.5. The molecule has 1 atom stereocenters. The molecule has 0 radical (unpaired) electrons. The quantitative estimate of drug-likeness (QED) is 0.661. The molecule has 0 bridgehead atoms. The van der Waals surface area contributed by atoms with Gasteiger partial charge in [0.25, 0.3) is 0 Å². The Morgan fingerprint density at radius 1 is 1.43 bits per heavy atom. The molecule has 8 heteroatoms. The van der Waals surface area contributed by atoms with Gasteiger partial charge in [0.15, 0.2) is 0 Å². The molecular formula is C20H24ClN3O3S. The van der Waals surface area contributed by atoms with E-state index in [1.807, 2.05) is 6.92 Å². The molecule has 1 unspecified atom stereocenters. The van der Waals surface area contributed by atoms with Crippen molar-refractivity contribution in [3.05, 3.63) is 39.3 Å². The van der Waals surface area contributed by atoms with Crippen molar-refractivity contribution < 1.29 is 14.3 Å². The number of amides is 2. The van der Waals surface area contributed by atoms with Gasteiger partial charge in [-0.15, -0.1) is 11.3 Å². The number of benzene rings is 1. The van der Waals surface area contributed by atoms with Crippen LogP contribution in [-0.2, 0) is 16.0 Å². The van der Waals surface area contributed by atoms with Crippen molar-refractivity contribution in [2.75, 3.05) is 25.1 Å². The number of halogens is 1. The first kappa shape index (κ1) is 20.6. The van der Waals surface area contributed by atoms with Crippen molar-refractivity contribution in [1.29, 1.82) is 0 Å². The number of carbonyl (C=O) groups excluding carboxylic acids is 2. The number of nitrogens with zero attached hydrogens (tertiary/aromatic N) is 2. The standard InChI is InChI=1S/C20H24ClN3O3S/c1-13-12-28-18(23-13)5-3-4-8-22-20(26)14-9-19(25)24(11-14)16-10-15(21)6-7-17(16)27-2/h6-7,10,12,14H,3-5,8-9,11H2,1-2H3,(H,22,26). The molecule has 0 aliphatic carbocycles. The van der Waals surface area contributed by atoms with Crippen molar-refractivity contribution in [3.8, 4) is 5.75 Å². The fourth-order valence-corrected chi connectivity index (χ4v) is 4.25. The first-order valence-corrected chi connectivity index (χ1v) is 10.6. The van der Waals surface area contributed by atoms with Gasteiger partial charge < -0.3 is 15.0 Å². The van der Waals surface area contributed by atoms with Gasteiger partial charge in [0, 0.05) is 35.6 Å². The lowest BCUT2D eigenvalue weighted by Gasteiger charge is -2.19. The van der Waals surface area contributed by atoms with Crippen molar-refractivity contribution in [2.45, 2.75) is 32.6 Å². The maximum absolute atomic E-state index is 12.5. The Morgan fingerprint density at radius 2 is 2.25 bits per heavy atom. The van der Waals surface area contributed by atoms with E-state index >= 15 is 0 Å². The molecule has 1 saturated heterocycles. The van der Waals surface area contributed by atoms with Crippen molar-refractivity contribution in [2.24, 2.45) is 5.92 Å². The van der Waals surface area contributed by atoms with Crippen LogP contribution in [0.1, 0.15) is 30.0 Å². The summed E-state index contributed by atoms with van der Waals surface area (Å²) in [5.41, 5.74) is 1.66. The molecule has 6 nitrogen and oxygen atoms in total. The molecule has 1 aliphatic heterocycles. The first-order valence-electron chi connectivity index (χ1n) is 9.30. The maximum Gasteiger partial charge on any atom is 0.227 e. The minimum Gasteiger partial charge on any atom is -0.495 e. The van der Waals surface area contributed by atoms with Crippen LogP contribution in [0, 0.1) is 12.8 Å². The molecule has 0 spiro atoms. The highest BCUT2D eigenvalue weighted by molar-refractivity contribution is 7.09.